The lowest BCUT2D eigenvalue weighted by molar-refractivity contribution is 0.423. The Labute approximate surface area is 122 Å². The van der Waals surface area contributed by atoms with Gasteiger partial charge in [-0.3, -0.25) is 0 Å². The van der Waals surface area contributed by atoms with Crippen LogP contribution in [0.4, 0.5) is 4.39 Å². The second kappa shape index (κ2) is 5.49. The molecule has 2 aromatic rings. The van der Waals surface area contributed by atoms with Crippen molar-refractivity contribution in [3.05, 3.63) is 50.3 Å². The summed E-state index contributed by atoms with van der Waals surface area (Å²) >= 11 is 23.0. The maximum Gasteiger partial charge on any atom is 0.256 e. The van der Waals surface area contributed by atoms with E-state index in [2.05, 4.69) is 4.98 Å². The van der Waals surface area contributed by atoms with E-state index >= 15 is 0 Å². The Balaban J connectivity index is 2.37. The number of rotatable bonds is 2. The zero-order chi connectivity index (χ0) is 13.3. The predicted octanol–water partition coefficient (Wildman–Crippen LogP) is 5.63. The molecular formula is C11H4Cl4FNO. The highest BCUT2D eigenvalue weighted by Gasteiger charge is 2.12. The van der Waals surface area contributed by atoms with Crippen LogP contribution in [0, 0.1) is 5.82 Å². The monoisotopic (exact) mass is 325 g/mol. The molecule has 0 aliphatic heterocycles. The van der Waals surface area contributed by atoms with Crippen LogP contribution in [0.1, 0.15) is 0 Å². The van der Waals surface area contributed by atoms with Crippen LogP contribution in [-0.4, -0.2) is 4.98 Å². The maximum atomic E-state index is 13.5. The second-order valence-electron chi connectivity index (χ2n) is 3.24. The number of ether oxygens (including phenoxy) is 1. The summed E-state index contributed by atoms with van der Waals surface area (Å²) in [6.07, 6.45) is 1.26. The van der Waals surface area contributed by atoms with Gasteiger partial charge in [0.15, 0.2) is 5.82 Å². The maximum absolute atomic E-state index is 13.5. The molecule has 0 spiro atoms. The Hall–Kier alpha value is -0.740. The van der Waals surface area contributed by atoms with E-state index in [0.29, 0.717) is 0 Å². The average molecular weight is 327 g/mol. The van der Waals surface area contributed by atoms with Crippen LogP contribution < -0.4 is 4.74 Å². The quantitative estimate of drug-likeness (QED) is 0.667. The summed E-state index contributed by atoms with van der Waals surface area (Å²) in [5.41, 5.74) is 0. The summed E-state index contributed by atoms with van der Waals surface area (Å²) in [5.74, 6) is -0.802. The van der Waals surface area contributed by atoms with Gasteiger partial charge in [0.25, 0.3) is 5.88 Å². The number of pyridine rings is 1. The molecule has 0 atom stereocenters. The molecule has 0 saturated carbocycles. The van der Waals surface area contributed by atoms with E-state index in [1.165, 1.54) is 18.3 Å². The molecular weight excluding hydrogens is 323 g/mol. The summed E-state index contributed by atoms with van der Waals surface area (Å²) in [7, 11) is 0. The van der Waals surface area contributed by atoms with E-state index in [9.17, 15) is 4.39 Å². The Morgan fingerprint density at radius 1 is 0.944 bits per heavy atom. The summed E-state index contributed by atoms with van der Waals surface area (Å²) in [6.45, 7) is 0. The van der Waals surface area contributed by atoms with Crippen molar-refractivity contribution in [3.63, 3.8) is 0 Å². The first-order valence-electron chi connectivity index (χ1n) is 4.61. The molecule has 0 saturated heterocycles. The molecule has 2 nitrogen and oxygen atoms in total. The molecule has 7 heteroatoms. The number of benzene rings is 1. The van der Waals surface area contributed by atoms with Crippen LogP contribution in [0.5, 0.6) is 11.6 Å². The predicted molar refractivity (Wildman–Crippen MR) is 70.8 cm³/mol. The van der Waals surface area contributed by atoms with Crippen molar-refractivity contribution in [2.45, 2.75) is 0 Å². The van der Waals surface area contributed by atoms with E-state index in [-0.39, 0.29) is 31.7 Å². The fourth-order valence-electron chi connectivity index (χ4n) is 1.16. The molecule has 0 amide bonds. The van der Waals surface area contributed by atoms with Gasteiger partial charge in [0.1, 0.15) is 5.75 Å². The lowest BCUT2D eigenvalue weighted by atomic mass is 10.3. The minimum Gasteiger partial charge on any atom is -0.435 e. The van der Waals surface area contributed by atoms with Crippen molar-refractivity contribution in [1.82, 2.24) is 4.98 Å². The zero-order valence-electron chi connectivity index (χ0n) is 8.55. The molecule has 18 heavy (non-hydrogen) atoms. The highest BCUT2D eigenvalue weighted by Crippen LogP contribution is 2.36. The van der Waals surface area contributed by atoms with Crippen LogP contribution in [-0.2, 0) is 0 Å². The Kier molecular flexibility index (Phi) is 4.17. The third-order valence-electron chi connectivity index (χ3n) is 1.96. The van der Waals surface area contributed by atoms with Gasteiger partial charge in [-0.2, -0.15) is 0 Å². The molecule has 0 bridgehead atoms. The lowest BCUT2D eigenvalue weighted by Gasteiger charge is -2.08. The molecule has 0 unspecified atom stereocenters. The first kappa shape index (κ1) is 13.7. The fraction of sp³-hybridized carbons (Fsp3) is 0. The number of hydrogen-bond donors (Lipinski definition) is 0. The van der Waals surface area contributed by atoms with Gasteiger partial charge in [-0.25, -0.2) is 9.37 Å². The molecule has 0 fully saturated rings. The van der Waals surface area contributed by atoms with E-state index in [1.807, 2.05) is 0 Å². The highest BCUT2D eigenvalue weighted by atomic mass is 35.5. The largest absolute Gasteiger partial charge is 0.435 e. The minimum atomic E-state index is -0.704. The standard InChI is InChI=1S/C11H4Cl4FNO/c12-5-1-9(16)11(17-4-5)18-10-3-7(14)6(13)2-8(10)15/h1-4H. The Morgan fingerprint density at radius 3 is 2.28 bits per heavy atom. The summed E-state index contributed by atoms with van der Waals surface area (Å²) in [5, 5.41) is 0.879. The van der Waals surface area contributed by atoms with Crippen LogP contribution in [0.3, 0.4) is 0 Å². The summed E-state index contributed by atoms with van der Waals surface area (Å²) in [4.78, 5) is 3.70. The van der Waals surface area contributed by atoms with E-state index < -0.39 is 5.82 Å². The number of hydrogen-bond acceptors (Lipinski definition) is 2. The molecule has 0 radical (unpaired) electrons. The molecule has 1 heterocycles. The van der Waals surface area contributed by atoms with E-state index in [1.54, 1.807) is 0 Å². The van der Waals surface area contributed by atoms with Crippen molar-refractivity contribution in [2.24, 2.45) is 0 Å². The van der Waals surface area contributed by atoms with Gasteiger partial charge in [0.05, 0.1) is 20.1 Å². The molecule has 0 aliphatic rings. The third kappa shape index (κ3) is 2.98. The van der Waals surface area contributed by atoms with Crippen molar-refractivity contribution in [3.8, 4) is 11.6 Å². The van der Waals surface area contributed by atoms with Crippen molar-refractivity contribution < 1.29 is 9.13 Å². The molecule has 2 rings (SSSR count). The molecule has 1 aromatic carbocycles. The van der Waals surface area contributed by atoms with Gasteiger partial charge in [-0.05, 0) is 12.1 Å². The van der Waals surface area contributed by atoms with Crippen LogP contribution >= 0.6 is 46.4 Å². The third-order valence-corrected chi connectivity index (χ3v) is 3.18. The first-order chi connectivity index (χ1) is 8.47. The normalized spacial score (nSPS) is 10.5. The smallest absolute Gasteiger partial charge is 0.256 e. The van der Waals surface area contributed by atoms with Gasteiger partial charge in [0, 0.05) is 12.3 Å². The number of aromatic nitrogens is 1. The molecule has 94 valence electrons. The van der Waals surface area contributed by atoms with Crippen LogP contribution in [0.15, 0.2) is 24.4 Å². The van der Waals surface area contributed by atoms with Gasteiger partial charge in [-0.15, -0.1) is 0 Å². The fourth-order valence-corrected chi connectivity index (χ4v) is 1.88. The van der Waals surface area contributed by atoms with Crippen LogP contribution in [0.25, 0.3) is 0 Å². The van der Waals surface area contributed by atoms with Gasteiger partial charge in [0.2, 0.25) is 0 Å². The van der Waals surface area contributed by atoms with Gasteiger partial charge >= 0.3 is 0 Å². The highest BCUT2D eigenvalue weighted by molar-refractivity contribution is 6.43. The first-order valence-corrected chi connectivity index (χ1v) is 6.12. The molecule has 0 aliphatic carbocycles. The zero-order valence-corrected chi connectivity index (χ0v) is 11.6. The second-order valence-corrected chi connectivity index (χ2v) is 4.90. The lowest BCUT2D eigenvalue weighted by Crippen LogP contribution is -1.92. The SMILES string of the molecule is Fc1cc(Cl)cnc1Oc1cc(Cl)c(Cl)cc1Cl. The summed E-state index contributed by atoms with van der Waals surface area (Å²) in [6, 6.07) is 3.85. The Morgan fingerprint density at radius 2 is 1.61 bits per heavy atom. The number of halogens is 5. The van der Waals surface area contributed by atoms with Crippen molar-refractivity contribution >= 4 is 46.4 Å². The van der Waals surface area contributed by atoms with Crippen LogP contribution in [0.2, 0.25) is 20.1 Å². The number of nitrogens with zero attached hydrogens (tertiary/aromatic N) is 1. The topological polar surface area (TPSA) is 22.1 Å². The van der Waals surface area contributed by atoms with Gasteiger partial charge in [-0.1, -0.05) is 46.4 Å². The Bertz CT molecular complexity index is 606. The minimum absolute atomic E-state index is 0.153. The average Bonchev–Trinajstić information content (AvgIpc) is 2.29. The van der Waals surface area contributed by atoms with Gasteiger partial charge < -0.3 is 4.74 Å². The molecule has 0 N–H and O–H groups in total. The van der Waals surface area contributed by atoms with E-state index in [0.717, 1.165) is 6.07 Å². The van der Waals surface area contributed by atoms with E-state index in [4.69, 9.17) is 51.1 Å². The summed E-state index contributed by atoms with van der Waals surface area (Å²) < 4.78 is 18.7. The van der Waals surface area contributed by atoms with Crippen molar-refractivity contribution in [1.29, 1.82) is 0 Å². The molecule has 1 aromatic heterocycles. The van der Waals surface area contributed by atoms with Crippen molar-refractivity contribution in [2.75, 3.05) is 0 Å².